The molecule has 1 atom stereocenters. The Morgan fingerprint density at radius 3 is 2.52 bits per heavy atom. The minimum absolute atomic E-state index is 0.0997. The summed E-state index contributed by atoms with van der Waals surface area (Å²) in [4.78, 5) is 12.5. The molecule has 1 N–H and O–H groups in total. The molecule has 1 aromatic carbocycles. The first-order valence-electron chi connectivity index (χ1n) is 8.69. The molecule has 1 saturated carbocycles. The zero-order valence-electron chi connectivity index (χ0n) is 13.6. The highest BCUT2D eigenvalue weighted by atomic mass is 32.2. The van der Waals surface area contributed by atoms with E-state index in [0.717, 1.165) is 30.4 Å². The summed E-state index contributed by atoms with van der Waals surface area (Å²) in [5.41, 5.74) is 3.27. The number of carbonyl (C=O) groups excluding carboxylic acids is 1. The van der Waals surface area contributed by atoms with Gasteiger partial charge in [-0.15, -0.1) is 0 Å². The molecule has 2 aliphatic rings. The van der Waals surface area contributed by atoms with Crippen molar-refractivity contribution in [2.45, 2.75) is 57.1 Å². The molecule has 1 amide bonds. The van der Waals surface area contributed by atoms with Crippen LogP contribution >= 0.6 is 0 Å². The van der Waals surface area contributed by atoms with Crippen molar-refractivity contribution in [3.63, 3.8) is 0 Å². The molecule has 4 heteroatoms. The van der Waals surface area contributed by atoms with Gasteiger partial charge in [-0.3, -0.25) is 9.52 Å². The van der Waals surface area contributed by atoms with E-state index in [1.54, 1.807) is 0 Å². The molecule has 1 unspecified atom stereocenters. The number of carbonyl (C=O) groups is 1. The van der Waals surface area contributed by atoms with E-state index in [2.05, 4.69) is 4.72 Å². The van der Waals surface area contributed by atoms with Crippen molar-refractivity contribution < 1.29 is 9.00 Å². The van der Waals surface area contributed by atoms with Crippen LogP contribution in [0.15, 0.2) is 41.5 Å². The predicted molar refractivity (Wildman–Crippen MR) is 93.9 cm³/mol. The maximum absolute atomic E-state index is 12.5. The maximum atomic E-state index is 12.5. The summed E-state index contributed by atoms with van der Waals surface area (Å²) in [7, 11) is -1.35. The van der Waals surface area contributed by atoms with E-state index >= 15 is 0 Å². The van der Waals surface area contributed by atoms with Gasteiger partial charge in [0.1, 0.15) is 11.0 Å². The molecule has 0 bridgehead atoms. The highest BCUT2D eigenvalue weighted by Gasteiger charge is 2.28. The van der Waals surface area contributed by atoms with Crippen LogP contribution in [0.3, 0.4) is 0 Å². The van der Waals surface area contributed by atoms with Gasteiger partial charge in [-0.2, -0.15) is 0 Å². The third kappa shape index (κ3) is 4.31. The number of amides is 1. The average Bonchev–Trinajstić information content (AvgIpc) is 3.06. The van der Waals surface area contributed by atoms with Crippen LogP contribution in [0.2, 0.25) is 0 Å². The van der Waals surface area contributed by atoms with Gasteiger partial charge in [0.15, 0.2) is 0 Å². The Bertz CT molecular complexity index is 603. The van der Waals surface area contributed by atoms with Crippen molar-refractivity contribution >= 4 is 16.9 Å². The van der Waals surface area contributed by atoms with Crippen molar-refractivity contribution in [2.24, 2.45) is 5.92 Å². The van der Waals surface area contributed by atoms with Gasteiger partial charge in [0.05, 0.1) is 5.75 Å². The quantitative estimate of drug-likeness (QED) is 0.885. The standard InChI is InChI=1S/C19H25NO2S/c21-19(20-23(22)14-15-8-3-1-4-9-15)18-13-7-12-17(18)16-10-5-2-6-11-16/h1,3-4,8-9,16H,2,5-7,10-14H2,(H,20,21). The van der Waals surface area contributed by atoms with Crippen LogP contribution in [0.5, 0.6) is 0 Å². The number of benzene rings is 1. The summed E-state index contributed by atoms with van der Waals surface area (Å²) < 4.78 is 14.9. The molecule has 2 aliphatic carbocycles. The molecular formula is C19H25NO2S. The SMILES string of the molecule is O=C(NS(=O)Cc1ccccc1)C1=C(C2CCCCC2)CCC1. The van der Waals surface area contributed by atoms with Gasteiger partial charge in [-0.25, -0.2) is 4.21 Å². The van der Waals surface area contributed by atoms with E-state index in [1.165, 1.54) is 37.7 Å². The van der Waals surface area contributed by atoms with E-state index in [1.807, 2.05) is 30.3 Å². The van der Waals surface area contributed by atoms with E-state index < -0.39 is 11.0 Å². The van der Waals surface area contributed by atoms with Crippen LogP contribution in [0, 0.1) is 5.92 Å². The number of allylic oxidation sites excluding steroid dienone is 1. The summed E-state index contributed by atoms with van der Waals surface area (Å²) in [5, 5.41) is 0. The van der Waals surface area contributed by atoms with Crippen molar-refractivity contribution in [3.05, 3.63) is 47.0 Å². The van der Waals surface area contributed by atoms with Crippen molar-refractivity contribution in [3.8, 4) is 0 Å². The van der Waals surface area contributed by atoms with Gasteiger partial charge in [-0.1, -0.05) is 55.2 Å². The Balaban J connectivity index is 1.63. The summed E-state index contributed by atoms with van der Waals surface area (Å²) in [6, 6.07) is 9.66. The third-order valence-electron chi connectivity index (χ3n) is 4.98. The number of hydrogen-bond donors (Lipinski definition) is 1. The topological polar surface area (TPSA) is 46.2 Å². The highest BCUT2D eigenvalue weighted by molar-refractivity contribution is 7.82. The molecule has 3 nitrogen and oxygen atoms in total. The molecule has 23 heavy (non-hydrogen) atoms. The Morgan fingerprint density at radius 2 is 1.78 bits per heavy atom. The Kier molecular flexibility index (Phi) is 5.65. The first kappa shape index (κ1) is 16.4. The van der Waals surface area contributed by atoms with Crippen molar-refractivity contribution in [1.29, 1.82) is 0 Å². The van der Waals surface area contributed by atoms with Crippen LogP contribution in [-0.4, -0.2) is 10.1 Å². The zero-order chi connectivity index (χ0) is 16.1. The second kappa shape index (κ2) is 7.91. The van der Waals surface area contributed by atoms with Gasteiger partial charge in [-0.05, 0) is 43.6 Å². The number of rotatable bonds is 5. The molecule has 0 saturated heterocycles. The van der Waals surface area contributed by atoms with E-state index in [0.29, 0.717) is 11.7 Å². The van der Waals surface area contributed by atoms with Gasteiger partial charge in [0.25, 0.3) is 5.91 Å². The molecular weight excluding hydrogens is 306 g/mol. The highest BCUT2D eigenvalue weighted by Crippen LogP contribution is 2.39. The first-order valence-corrected chi connectivity index (χ1v) is 10.0. The average molecular weight is 331 g/mol. The molecule has 0 aliphatic heterocycles. The Labute approximate surface area is 141 Å². The zero-order valence-corrected chi connectivity index (χ0v) is 14.4. The minimum Gasteiger partial charge on any atom is -0.271 e. The van der Waals surface area contributed by atoms with Crippen LogP contribution in [-0.2, 0) is 21.5 Å². The van der Waals surface area contributed by atoms with E-state index in [-0.39, 0.29) is 5.91 Å². The molecule has 124 valence electrons. The largest absolute Gasteiger partial charge is 0.271 e. The fourth-order valence-corrected chi connectivity index (χ4v) is 4.75. The summed E-state index contributed by atoms with van der Waals surface area (Å²) in [5.74, 6) is 0.866. The lowest BCUT2D eigenvalue weighted by Crippen LogP contribution is -2.28. The third-order valence-corrected chi connectivity index (χ3v) is 5.99. The Hall–Kier alpha value is -1.42. The second-order valence-electron chi connectivity index (χ2n) is 6.60. The van der Waals surface area contributed by atoms with Crippen LogP contribution in [0.1, 0.15) is 56.9 Å². The van der Waals surface area contributed by atoms with Crippen LogP contribution in [0.25, 0.3) is 0 Å². The van der Waals surface area contributed by atoms with Gasteiger partial charge < -0.3 is 0 Å². The molecule has 1 aromatic rings. The van der Waals surface area contributed by atoms with Crippen molar-refractivity contribution in [1.82, 2.24) is 4.72 Å². The van der Waals surface area contributed by atoms with Gasteiger partial charge in [0.2, 0.25) is 0 Å². The summed E-state index contributed by atoms with van der Waals surface area (Å²) >= 11 is 0. The number of nitrogens with one attached hydrogen (secondary N) is 1. The van der Waals surface area contributed by atoms with Gasteiger partial charge >= 0.3 is 0 Å². The van der Waals surface area contributed by atoms with Gasteiger partial charge in [0, 0.05) is 5.57 Å². The smallest absolute Gasteiger partial charge is 0.258 e. The predicted octanol–water partition coefficient (Wildman–Crippen LogP) is 4.03. The second-order valence-corrected chi connectivity index (χ2v) is 7.78. The molecule has 0 spiro atoms. The normalized spacial score (nSPS) is 20.5. The minimum atomic E-state index is -1.35. The monoisotopic (exact) mass is 331 g/mol. The first-order chi connectivity index (χ1) is 11.2. The number of hydrogen-bond acceptors (Lipinski definition) is 2. The lowest BCUT2D eigenvalue weighted by molar-refractivity contribution is -0.115. The van der Waals surface area contributed by atoms with Crippen LogP contribution < -0.4 is 4.72 Å². The molecule has 0 heterocycles. The molecule has 0 radical (unpaired) electrons. The van der Waals surface area contributed by atoms with Crippen LogP contribution in [0.4, 0.5) is 0 Å². The van der Waals surface area contributed by atoms with E-state index in [4.69, 9.17) is 0 Å². The molecule has 3 rings (SSSR count). The van der Waals surface area contributed by atoms with Crippen molar-refractivity contribution in [2.75, 3.05) is 0 Å². The fraction of sp³-hybridized carbons (Fsp3) is 0.526. The summed E-state index contributed by atoms with van der Waals surface area (Å²) in [6.45, 7) is 0. The fourth-order valence-electron chi connectivity index (χ4n) is 3.85. The molecule has 0 aromatic heterocycles. The maximum Gasteiger partial charge on any atom is 0.258 e. The van der Waals surface area contributed by atoms with E-state index in [9.17, 15) is 9.00 Å². The lowest BCUT2D eigenvalue weighted by Gasteiger charge is -2.24. The Morgan fingerprint density at radius 1 is 1.04 bits per heavy atom. The summed E-state index contributed by atoms with van der Waals surface area (Å²) in [6.07, 6.45) is 9.30. The molecule has 1 fully saturated rings. The lowest BCUT2D eigenvalue weighted by atomic mass is 9.82.